The minimum atomic E-state index is -0.471. The van der Waals surface area contributed by atoms with Crippen molar-refractivity contribution in [3.63, 3.8) is 0 Å². The average molecular weight is 314 g/mol. The molecule has 0 aliphatic carbocycles. The first kappa shape index (κ1) is 19.2. The molecular formula is C16H34N4O2. The number of nitrogens with two attached hydrogens (primary N) is 1. The van der Waals surface area contributed by atoms with E-state index in [9.17, 15) is 4.79 Å². The molecule has 6 heteroatoms. The lowest BCUT2D eigenvalue weighted by atomic mass is 10.0. The van der Waals surface area contributed by atoms with Crippen LogP contribution in [-0.2, 0) is 4.74 Å². The van der Waals surface area contributed by atoms with Crippen LogP contribution in [-0.4, -0.2) is 73.3 Å². The molecule has 0 aromatic heterocycles. The van der Waals surface area contributed by atoms with E-state index in [0.29, 0.717) is 19.1 Å². The van der Waals surface area contributed by atoms with Crippen LogP contribution in [0.4, 0.5) is 4.79 Å². The van der Waals surface area contributed by atoms with Crippen LogP contribution in [0.2, 0.25) is 0 Å². The van der Waals surface area contributed by atoms with Gasteiger partial charge in [0.25, 0.3) is 0 Å². The molecule has 6 nitrogen and oxygen atoms in total. The molecule has 1 aliphatic heterocycles. The van der Waals surface area contributed by atoms with E-state index in [1.165, 1.54) is 0 Å². The molecule has 1 rings (SSSR count). The second-order valence-electron chi connectivity index (χ2n) is 7.10. The van der Waals surface area contributed by atoms with Crippen molar-refractivity contribution < 1.29 is 9.53 Å². The molecule has 0 radical (unpaired) electrons. The number of rotatable bonds is 6. The van der Waals surface area contributed by atoms with Crippen LogP contribution in [0.1, 0.15) is 40.5 Å². The van der Waals surface area contributed by atoms with Crippen LogP contribution in [0.3, 0.4) is 0 Å². The van der Waals surface area contributed by atoms with E-state index in [-0.39, 0.29) is 12.1 Å². The van der Waals surface area contributed by atoms with Crippen molar-refractivity contribution in [2.75, 3.05) is 39.8 Å². The summed E-state index contributed by atoms with van der Waals surface area (Å²) in [5, 5.41) is 2.84. The summed E-state index contributed by atoms with van der Waals surface area (Å²) in [6, 6.07) is 0.683. The second kappa shape index (κ2) is 8.70. The lowest BCUT2D eigenvalue weighted by Crippen LogP contribution is -2.53. The largest absolute Gasteiger partial charge is 0.444 e. The van der Waals surface area contributed by atoms with Gasteiger partial charge in [-0.1, -0.05) is 6.92 Å². The summed E-state index contributed by atoms with van der Waals surface area (Å²) in [6.45, 7) is 12.2. The molecule has 1 unspecified atom stereocenters. The van der Waals surface area contributed by atoms with Gasteiger partial charge < -0.3 is 20.7 Å². The molecule has 1 amide bonds. The standard InChI is InChI=1S/C16H34N4O2/c1-6-20-9-7-13(8-10-20)19(5)14(11-17)12-18-15(21)22-16(2,3)4/h13-14H,6-12,17H2,1-5H3,(H,18,21). The van der Waals surface area contributed by atoms with Gasteiger partial charge in [-0.25, -0.2) is 4.79 Å². The van der Waals surface area contributed by atoms with Gasteiger partial charge in [0.15, 0.2) is 0 Å². The normalized spacial score (nSPS) is 19.2. The van der Waals surface area contributed by atoms with E-state index in [1.807, 2.05) is 20.8 Å². The highest BCUT2D eigenvalue weighted by Gasteiger charge is 2.26. The Bertz CT molecular complexity index is 336. The Kier molecular flexibility index (Phi) is 7.59. The van der Waals surface area contributed by atoms with Crippen LogP contribution >= 0.6 is 0 Å². The number of nitrogens with one attached hydrogen (secondary N) is 1. The first-order valence-electron chi connectivity index (χ1n) is 8.38. The monoisotopic (exact) mass is 314 g/mol. The quantitative estimate of drug-likeness (QED) is 0.772. The Morgan fingerprint density at radius 3 is 2.45 bits per heavy atom. The van der Waals surface area contributed by atoms with Gasteiger partial charge in [-0.05, 0) is 60.3 Å². The van der Waals surface area contributed by atoms with Gasteiger partial charge in [-0.15, -0.1) is 0 Å². The lowest BCUT2D eigenvalue weighted by Gasteiger charge is -2.40. The summed E-state index contributed by atoms with van der Waals surface area (Å²) in [4.78, 5) is 16.6. The van der Waals surface area contributed by atoms with E-state index in [2.05, 4.69) is 29.1 Å². The first-order valence-corrected chi connectivity index (χ1v) is 8.38. The fraction of sp³-hybridized carbons (Fsp3) is 0.938. The summed E-state index contributed by atoms with van der Waals surface area (Å²) >= 11 is 0. The number of hydrogen-bond donors (Lipinski definition) is 2. The summed E-state index contributed by atoms with van der Waals surface area (Å²) in [6.07, 6.45) is 1.95. The van der Waals surface area contributed by atoms with Gasteiger partial charge in [0.1, 0.15) is 5.60 Å². The third-order valence-corrected chi connectivity index (χ3v) is 4.31. The maximum Gasteiger partial charge on any atom is 0.407 e. The molecule has 3 N–H and O–H groups in total. The molecule has 22 heavy (non-hydrogen) atoms. The highest BCUT2D eigenvalue weighted by Crippen LogP contribution is 2.17. The molecule has 1 aliphatic rings. The van der Waals surface area contributed by atoms with Crippen molar-refractivity contribution in [2.45, 2.75) is 58.2 Å². The zero-order chi connectivity index (χ0) is 16.8. The van der Waals surface area contributed by atoms with Crippen LogP contribution < -0.4 is 11.1 Å². The van der Waals surface area contributed by atoms with Gasteiger partial charge >= 0.3 is 6.09 Å². The SMILES string of the molecule is CCN1CCC(N(C)C(CN)CNC(=O)OC(C)(C)C)CC1. The molecule has 130 valence electrons. The van der Waals surface area contributed by atoms with Crippen molar-refractivity contribution in [3.8, 4) is 0 Å². The minimum absolute atomic E-state index is 0.144. The Morgan fingerprint density at radius 1 is 1.41 bits per heavy atom. The average Bonchev–Trinajstić information content (AvgIpc) is 2.46. The third-order valence-electron chi connectivity index (χ3n) is 4.31. The fourth-order valence-corrected chi connectivity index (χ4v) is 2.85. The number of amides is 1. The third kappa shape index (κ3) is 6.50. The number of likely N-dealkylation sites (N-methyl/N-ethyl adjacent to an activating group) is 1. The number of likely N-dealkylation sites (tertiary alicyclic amines) is 1. The first-order chi connectivity index (χ1) is 10.3. The molecule has 0 bridgehead atoms. The topological polar surface area (TPSA) is 70.8 Å². The van der Waals surface area contributed by atoms with Crippen molar-refractivity contribution in [2.24, 2.45) is 5.73 Å². The molecule has 1 fully saturated rings. The Morgan fingerprint density at radius 2 is 2.00 bits per heavy atom. The van der Waals surface area contributed by atoms with Gasteiger partial charge in [0.05, 0.1) is 0 Å². The second-order valence-corrected chi connectivity index (χ2v) is 7.10. The van der Waals surface area contributed by atoms with E-state index < -0.39 is 5.60 Å². The maximum atomic E-state index is 11.8. The van der Waals surface area contributed by atoms with E-state index in [4.69, 9.17) is 10.5 Å². The smallest absolute Gasteiger partial charge is 0.407 e. The van der Waals surface area contributed by atoms with Crippen molar-refractivity contribution >= 4 is 6.09 Å². The van der Waals surface area contributed by atoms with E-state index in [0.717, 1.165) is 32.5 Å². The van der Waals surface area contributed by atoms with Crippen molar-refractivity contribution in [3.05, 3.63) is 0 Å². The maximum absolute atomic E-state index is 11.8. The van der Waals surface area contributed by atoms with Crippen LogP contribution in [0.5, 0.6) is 0 Å². The predicted molar refractivity (Wildman–Crippen MR) is 90.0 cm³/mol. The summed E-state index contributed by atoms with van der Waals surface area (Å²) < 4.78 is 5.27. The number of carbonyl (C=O) groups is 1. The van der Waals surface area contributed by atoms with Crippen LogP contribution in [0.15, 0.2) is 0 Å². The van der Waals surface area contributed by atoms with Gasteiger partial charge in [0.2, 0.25) is 0 Å². The van der Waals surface area contributed by atoms with Gasteiger partial charge in [0, 0.05) is 25.2 Å². The summed E-state index contributed by atoms with van der Waals surface area (Å²) in [5.74, 6) is 0. The van der Waals surface area contributed by atoms with E-state index in [1.54, 1.807) is 0 Å². The molecule has 1 saturated heterocycles. The molecule has 0 aromatic carbocycles. The fourth-order valence-electron chi connectivity index (χ4n) is 2.85. The summed E-state index contributed by atoms with van der Waals surface area (Å²) in [7, 11) is 2.11. The number of piperidine rings is 1. The molecule has 0 spiro atoms. The number of hydrogen-bond acceptors (Lipinski definition) is 5. The van der Waals surface area contributed by atoms with Gasteiger partial charge in [-0.3, -0.25) is 4.90 Å². The highest BCUT2D eigenvalue weighted by atomic mass is 16.6. The molecule has 0 aromatic rings. The van der Waals surface area contributed by atoms with Crippen LogP contribution in [0.25, 0.3) is 0 Å². The zero-order valence-corrected chi connectivity index (χ0v) is 14.9. The van der Waals surface area contributed by atoms with E-state index >= 15 is 0 Å². The Balaban J connectivity index is 2.41. The number of ether oxygens (including phenoxy) is 1. The van der Waals surface area contributed by atoms with Gasteiger partial charge in [-0.2, -0.15) is 0 Å². The Hall–Kier alpha value is -0.850. The zero-order valence-electron chi connectivity index (χ0n) is 14.9. The highest BCUT2D eigenvalue weighted by molar-refractivity contribution is 5.67. The Labute approximate surface area is 135 Å². The van der Waals surface area contributed by atoms with Crippen molar-refractivity contribution in [1.29, 1.82) is 0 Å². The number of nitrogens with zero attached hydrogens (tertiary/aromatic N) is 2. The van der Waals surface area contributed by atoms with Crippen LogP contribution in [0, 0.1) is 0 Å². The minimum Gasteiger partial charge on any atom is -0.444 e. The summed E-state index contributed by atoms with van der Waals surface area (Å²) in [5.41, 5.74) is 5.43. The van der Waals surface area contributed by atoms with Crippen molar-refractivity contribution in [1.82, 2.24) is 15.1 Å². The predicted octanol–water partition coefficient (Wildman–Crippen LogP) is 1.25. The molecule has 0 saturated carbocycles. The molecule has 1 heterocycles. The number of alkyl carbamates (subject to hydrolysis) is 1. The number of carbonyl (C=O) groups excluding carboxylic acids is 1. The molecular weight excluding hydrogens is 280 g/mol. The molecule has 1 atom stereocenters. The lowest BCUT2D eigenvalue weighted by molar-refractivity contribution is 0.0490.